The molecule has 0 spiro atoms. The smallest absolute Gasteiger partial charge is 0.316 e. The molecule has 0 unspecified atom stereocenters. The van der Waals surface area contributed by atoms with Gasteiger partial charge < -0.3 is 16.4 Å². The van der Waals surface area contributed by atoms with E-state index in [1.807, 2.05) is 12.1 Å². The molecule has 22 heavy (non-hydrogen) atoms. The minimum Gasteiger partial charge on any atom is -0.351 e. The number of nitrogens with one attached hydrogen (secondary N) is 2. The molecular weight excluding hydrogens is 278 g/mol. The van der Waals surface area contributed by atoms with E-state index in [-0.39, 0.29) is 5.91 Å². The molecule has 4 N–H and O–H groups in total. The van der Waals surface area contributed by atoms with Crippen LogP contribution < -0.4 is 16.4 Å². The Balaban J connectivity index is 1.75. The zero-order valence-corrected chi connectivity index (χ0v) is 12.1. The van der Waals surface area contributed by atoms with Crippen LogP contribution in [-0.2, 0) is 12.8 Å². The number of carbonyl (C=O) groups is 2. The summed E-state index contributed by atoms with van der Waals surface area (Å²) in [5.41, 5.74) is 9.50. The zero-order valence-electron chi connectivity index (χ0n) is 12.1. The van der Waals surface area contributed by atoms with Crippen LogP contribution in [0.4, 0.5) is 16.2 Å². The van der Waals surface area contributed by atoms with Gasteiger partial charge in [0.15, 0.2) is 0 Å². The zero-order chi connectivity index (χ0) is 15.5. The van der Waals surface area contributed by atoms with Gasteiger partial charge in [-0.2, -0.15) is 0 Å². The fourth-order valence-corrected chi connectivity index (χ4v) is 2.73. The number of aryl methyl sites for hydroxylation is 2. The van der Waals surface area contributed by atoms with Crippen molar-refractivity contribution in [2.24, 2.45) is 5.73 Å². The summed E-state index contributed by atoms with van der Waals surface area (Å²) in [6, 6.07) is 12.0. The fraction of sp³-hybridized carbons (Fsp3) is 0.176. The Morgan fingerprint density at radius 1 is 0.909 bits per heavy atom. The number of nitrogens with two attached hydrogens (primary N) is 1. The van der Waals surface area contributed by atoms with Crippen molar-refractivity contribution in [2.45, 2.75) is 19.3 Å². The highest BCUT2D eigenvalue weighted by molar-refractivity contribution is 6.05. The molecule has 0 radical (unpaired) electrons. The van der Waals surface area contributed by atoms with E-state index in [1.54, 1.807) is 24.3 Å². The SMILES string of the molecule is NC(=O)Nc1cccc(C(=O)Nc2ccc3c(c2)CCC3)c1. The summed E-state index contributed by atoms with van der Waals surface area (Å²) in [5.74, 6) is -0.217. The summed E-state index contributed by atoms with van der Waals surface area (Å²) in [4.78, 5) is 23.2. The Morgan fingerprint density at radius 3 is 2.50 bits per heavy atom. The van der Waals surface area contributed by atoms with Crippen molar-refractivity contribution in [3.63, 3.8) is 0 Å². The Morgan fingerprint density at radius 2 is 1.68 bits per heavy atom. The second-order valence-corrected chi connectivity index (χ2v) is 5.36. The first-order chi connectivity index (χ1) is 10.6. The van der Waals surface area contributed by atoms with Crippen LogP contribution in [0, 0.1) is 0 Å². The molecule has 2 aromatic rings. The first kappa shape index (κ1) is 14.1. The van der Waals surface area contributed by atoms with E-state index in [4.69, 9.17) is 5.73 Å². The Bertz CT molecular complexity index is 740. The van der Waals surface area contributed by atoms with Gasteiger partial charge in [0, 0.05) is 16.9 Å². The molecule has 0 bridgehead atoms. The topological polar surface area (TPSA) is 84.2 Å². The van der Waals surface area contributed by atoms with Gasteiger partial charge in [-0.25, -0.2) is 4.79 Å². The van der Waals surface area contributed by atoms with Crippen molar-refractivity contribution in [1.82, 2.24) is 0 Å². The highest BCUT2D eigenvalue weighted by atomic mass is 16.2. The lowest BCUT2D eigenvalue weighted by molar-refractivity contribution is 0.102. The fourth-order valence-electron chi connectivity index (χ4n) is 2.73. The lowest BCUT2D eigenvalue weighted by Gasteiger charge is -2.09. The highest BCUT2D eigenvalue weighted by Crippen LogP contribution is 2.25. The lowest BCUT2D eigenvalue weighted by Crippen LogP contribution is -2.19. The molecular formula is C17H17N3O2. The van der Waals surface area contributed by atoms with Crippen LogP contribution in [0.25, 0.3) is 0 Å². The summed E-state index contributed by atoms with van der Waals surface area (Å²) >= 11 is 0. The number of primary amides is 1. The van der Waals surface area contributed by atoms with Gasteiger partial charge in [0.05, 0.1) is 0 Å². The molecule has 0 saturated carbocycles. The van der Waals surface area contributed by atoms with Crippen LogP contribution >= 0.6 is 0 Å². The van der Waals surface area contributed by atoms with Crippen molar-refractivity contribution in [3.05, 3.63) is 59.2 Å². The van der Waals surface area contributed by atoms with Crippen LogP contribution in [0.2, 0.25) is 0 Å². The lowest BCUT2D eigenvalue weighted by atomic mass is 10.1. The maximum Gasteiger partial charge on any atom is 0.316 e. The molecule has 112 valence electrons. The van der Waals surface area contributed by atoms with Gasteiger partial charge in [-0.1, -0.05) is 12.1 Å². The molecule has 3 rings (SSSR count). The van der Waals surface area contributed by atoms with Crippen molar-refractivity contribution in [1.29, 1.82) is 0 Å². The molecule has 5 nitrogen and oxygen atoms in total. The monoisotopic (exact) mass is 295 g/mol. The normalized spacial score (nSPS) is 12.5. The maximum absolute atomic E-state index is 12.3. The molecule has 1 aliphatic rings. The van der Waals surface area contributed by atoms with Gasteiger partial charge >= 0.3 is 6.03 Å². The Kier molecular flexibility index (Phi) is 3.78. The standard InChI is InChI=1S/C17H17N3O2/c18-17(22)20-14-6-2-5-13(10-14)16(21)19-15-8-7-11-3-1-4-12(11)9-15/h2,5-10H,1,3-4H2,(H,19,21)(H3,18,20,22). The average molecular weight is 295 g/mol. The number of hydrogen-bond acceptors (Lipinski definition) is 2. The first-order valence-electron chi connectivity index (χ1n) is 7.21. The Labute approximate surface area is 128 Å². The van der Waals surface area contributed by atoms with E-state index in [9.17, 15) is 9.59 Å². The number of carbonyl (C=O) groups excluding carboxylic acids is 2. The van der Waals surface area contributed by atoms with Crippen LogP contribution in [0.15, 0.2) is 42.5 Å². The van der Waals surface area contributed by atoms with Crippen LogP contribution in [0.3, 0.4) is 0 Å². The minimum absolute atomic E-state index is 0.217. The van der Waals surface area contributed by atoms with E-state index in [2.05, 4.69) is 16.7 Å². The largest absolute Gasteiger partial charge is 0.351 e. The summed E-state index contributed by atoms with van der Waals surface area (Å²) in [6.07, 6.45) is 3.36. The third-order valence-corrected chi connectivity index (χ3v) is 3.75. The third kappa shape index (κ3) is 3.09. The summed E-state index contributed by atoms with van der Waals surface area (Å²) in [7, 11) is 0. The van der Waals surface area contributed by atoms with Gasteiger partial charge in [0.2, 0.25) is 0 Å². The number of fused-ring (bicyclic) bond motifs is 1. The average Bonchev–Trinajstić information content (AvgIpc) is 2.94. The van der Waals surface area contributed by atoms with E-state index < -0.39 is 6.03 Å². The van der Waals surface area contributed by atoms with Gasteiger partial charge in [-0.3, -0.25) is 4.79 Å². The maximum atomic E-state index is 12.3. The second kappa shape index (κ2) is 5.89. The highest BCUT2D eigenvalue weighted by Gasteiger charge is 2.12. The molecule has 5 heteroatoms. The molecule has 0 saturated heterocycles. The van der Waals surface area contributed by atoms with Gasteiger partial charge in [-0.05, 0) is 60.7 Å². The number of benzene rings is 2. The summed E-state index contributed by atoms with van der Waals surface area (Å²) < 4.78 is 0. The van der Waals surface area contributed by atoms with E-state index in [0.717, 1.165) is 18.5 Å². The third-order valence-electron chi connectivity index (χ3n) is 3.75. The molecule has 0 aliphatic heterocycles. The molecule has 0 heterocycles. The van der Waals surface area contributed by atoms with Crippen molar-refractivity contribution < 1.29 is 9.59 Å². The second-order valence-electron chi connectivity index (χ2n) is 5.36. The summed E-state index contributed by atoms with van der Waals surface area (Å²) in [6.45, 7) is 0. The molecule has 0 atom stereocenters. The summed E-state index contributed by atoms with van der Waals surface area (Å²) in [5, 5.41) is 5.34. The molecule has 3 amide bonds. The van der Waals surface area contributed by atoms with Crippen molar-refractivity contribution in [3.8, 4) is 0 Å². The number of hydrogen-bond donors (Lipinski definition) is 3. The predicted octanol–water partition coefficient (Wildman–Crippen LogP) is 2.92. The molecule has 0 aromatic heterocycles. The molecule has 2 aromatic carbocycles. The van der Waals surface area contributed by atoms with E-state index in [1.165, 1.54) is 17.5 Å². The number of anilines is 2. The van der Waals surface area contributed by atoms with Gasteiger partial charge in [0.25, 0.3) is 5.91 Å². The van der Waals surface area contributed by atoms with Gasteiger partial charge in [0.1, 0.15) is 0 Å². The predicted molar refractivity (Wildman–Crippen MR) is 86.1 cm³/mol. The van der Waals surface area contributed by atoms with Crippen LogP contribution in [0.1, 0.15) is 27.9 Å². The Hall–Kier alpha value is -2.82. The minimum atomic E-state index is -0.656. The van der Waals surface area contributed by atoms with E-state index >= 15 is 0 Å². The molecule has 0 fully saturated rings. The number of amides is 3. The quantitative estimate of drug-likeness (QED) is 0.813. The van der Waals surface area contributed by atoms with Crippen LogP contribution in [0.5, 0.6) is 0 Å². The van der Waals surface area contributed by atoms with Gasteiger partial charge in [-0.15, -0.1) is 0 Å². The molecule has 1 aliphatic carbocycles. The number of rotatable bonds is 3. The van der Waals surface area contributed by atoms with Crippen molar-refractivity contribution >= 4 is 23.3 Å². The van der Waals surface area contributed by atoms with E-state index in [0.29, 0.717) is 11.3 Å². The number of urea groups is 1. The first-order valence-corrected chi connectivity index (χ1v) is 7.21. The van der Waals surface area contributed by atoms with Crippen LogP contribution in [-0.4, -0.2) is 11.9 Å². The van der Waals surface area contributed by atoms with Crippen molar-refractivity contribution in [2.75, 3.05) is 10.6 Å².